The van der Waals surface area contributed by atoms with E-state index in [1.165, 1.54) is 18.2 Å². The summed E-state index contributed by atoms with van der Waals surface area (Å²) in [4.78, 5) is 37.6. The van der Waals surface area contributed by atoms with Crippen LogP contribution in [-0.4, -0.2) is 47.6 Å². The van der Waals surface area contributed by atoms with Crippen LogP contribution >= 0.6 is 11.8 Å². The molecule has 2 rings (SSSR count). The standard InChI is InChI=1S/C21H25N3O5S/c1-4-23(5-2)20(25)14-30-19-11-8-16(12-18(19)24(27)28)21(26)22-13-15-6-9-17(29-3)10-7-15/h6-12H,4-5,13-14H2,1-3H3,(H,22,26). The van der Waals surface area contributed by atoms with Crippen LogP contribution in [0.5, 0.6) is 5.75 Å². The average molecular weight is 432 g/mol. The van der Waals surface area contributed by atoms with Crippen LogP contribution < -0.4 is 10.1 Å². The minimum Gasteiger partial charge on any atom is -0.497 e. The van der Waals surface area contributed by atoms with Crippen LogP contribution in [0.25, 0.3) is 0 Å². The zero-order valence-corrected chi connectivity index (χ0v) is 18.0. The molecule has 2 amide bonds. The van der Waals surface area contributed by atoms with Gasteiger partial charge in [0.1, 0.15) is 5.75 Å². The van der Waals surface area contributed by atoms with E-state index in [4.69, 9.17) is 4.74 Å². The quantitative estimate of drug-likeness (QED) is 0.351. The highest BCUT2D eigenvalue weighted by Gasteiger charge is 2.20. The second-order valence-electron chi connectivity index (χ2n) is 6.33. The molecule has 0 fully saturated rings. The van der Waals surface area contributed by atoms with E-state index in [-0.39, 0.29) is 29.5 Å². The number of carbonyl (C=O) groups excluding carboxylic acids is 2. The molecule has 8 nitrogen and oxygen atoms in total. The molecule has 0 aliphatic rings. The van der Waals surface area contributed by atoms with E-state index < -0.39 is 10.8 Å². The highest BCUT2D eigenvalue weighted by molar-refractivity contribution is 8.00. The minimum atomic E-state index is -0.537. The molecule has 0 unspecified atom stereocenters. The first-order valence-electron chi connectivity index (χ1n) is 9.49. The van der Waals surface area contributed by atoms with Crippen LogP contribution in [-0.2, 0) is 11.3 Å². The van der Waals surface area contributed by atoms with Crippen molar-refractivity contribution in [1.29, 1.82) is 0 Å². The van der Waals surface area contributed by atoms with E-state index in [9.17, 15) is 19.7 Å². The van der Waals surface area contributed by atoms with Gasteiger partial charge >= 0.3 is 0 Å². The Labute approximate surface area is 179 Å². The summed E-state index contributed by atoms with van der Waals surface area (Å²) in [6, 6.07) is 11.5. The number of nitrogens with one attached hydrogen (secondary N) is 1. The van der Waals surface area contributed by atoms with Gasteiger partial charge in [-0.1, -0.05) is 12.1 Å². The first kappa shape index (κ1) is 23.2. The van der Waals surface area contributed by atoms with E-state index >= 15 is 0 Å². The average Bonchev–Trinajstić information content (AvgIpc) is 2.77. The van der Waals surface area contributed by atoms with Crippen LogP contribution in [0.15, 0.2) is 47.4 Å². The van der Waals surface area contributed by atoms with Gasteiger partial charge in [0.05, 0.1) is 22.7 Å². The van der Waals surface area contributed by atoms with Gasteiger partial charge < -0.3 is 15.0 Å². The number of hydrogen-bond acceptors (Lipinski definition) is 6. The molecule has 0 aromatic heterocycles. The first-order valence-corrected chi connectivity index (χ1v) is 10.5. The summed E-state index contributed by atoms with van der Waals surface area (Å²) in [7, 11) is 1.57. The Morgan fingerprint density at radius 2 is 1.80 bits per heavy atom. The van der Waals surface area contributed by atoms with Crippen molar-refractivity contribution in [3.63, 3.8) is 0 Å². The fraction of sp³-hybridized carbons (Fsp3) is 0.333. The SMILES string of the molecule is CCN(CC)C(=O)CSc1ccc(C(=O)NCc2ccc(OC)cc2)cc1[N+](=O)[O-]. The van der Waals surface area contributed by atoms with Crippen molar-refractivity contribution in [2.45, 2.75) is 25.3 Å². The van der Waals surface area contributed by atoms with Crippen molar-refractivity contribution in [3.8, 4) is 5.75 Å². The molecule has 160 valence electrons. The second-order valence-corrected chi connectivity index (χ2v) is 7.34. The van der Waals surface area contributed by atoms with E-state index in [0.29, 0.717) is 23.7 Å². The van der Waals surface area contributed by atoms with E-state index in [0.717, 1.165) is 17.3 Å². The van der Waals surface area contributed by atoms with Crippen molar-refractivity contribution in [3.05, 3.63) is 63.7 Å². The number of nitrogens with zero attached hydrogens (tertiary/aromatic N) is 2. The predicted molar refractivity (Wildman–Crippen MR) is 116 cm³/mol. The third-order valence-electron chi connectivity index (χ3n) is 4.50. The monoisotopic (exact) mass is 431 g/mol. The topological polar surface area (TPSA) is 102 Å². The molecule has 2 aromatic rings. The number of nitro groups is 1. The summed E-state index contributed by atoms with van der Waals surface area (Å²) in [5.41, 5.74) is 0.875. The van der Waals surface area contributed by atoms with Gasteiger partial charge in [0.2, 0.25) is 5.91 Å². The van der Waals surface area contributed by atoms with Crippen LogP contribution in [0.2, 0.25) is 0 Å². The van der Waals surface area contributed by atoms with Crippen molar-refractivity contribution < 1.29 is 19.2 Å². The highest BCUT2D eigenvalue weighted by Crippen LogP contribution is 2.30. The maximum atomic E-state index is 12.4. The molecule has 0 heterocycles. The fourth-order valence-corrected chi connectivity index (χ4v) is 3.67. The van der Waals surface area contributed by atoms with Gasteiger partial charge in [-0.25, -0.2) is 0 Å². The van der Waals surface area contributed by atoms with Crippen LogP contribution in [0, 0.1) is 10.1 Å². The van der Waals surface area contributed by atoms with Crippen LogP contribution in [0.3, 0.4) is 0 Å². The Hall–Kier alpha value is -3.07. The molecule has 30 heavy (non-hydrogen) atoms. The smallest absolute Gasteiger partial charge is 0.283 e. The number of amides is 2. The number of hydrogen-bond donors (Lipinski definition) is 1. The molecule has 0 spiro atoms. The third kappa shape index (κ3) is 6.21. The molecule has 0 aliphatic carbocycles. The van der Waals surface area contributed by atoms with Gasteiger partial charge in [-0.2, -0.15) is 0 Å². The molecular weight excluding hydrogens is 406 g/mol. The lowest BCUT2D eigenvalue weighted by molar-refractivity contribution is -0.387. The van der Waals surface area contributed by atoms with E-state index in [1.54, 1.807) is 24.1 Å². The number of thioether (sulfide) groups is 1. The third-order valence-corrected chi connectivity index (χ3v) is 5.54. The van der Waals surface area contributed by atoms with Gasteiger partial charge in [-0.3, -0.25) is 19.7 Å². The zero-order valence-electron chi connectivity index (χ0n) is 17.2. The molecule has 2 aromatic carbocycles. The Morgan fingerprint density at radius 1 is 1.13 bits per heavy atom. The largest absolute Gasteiger partial charge is 0.497 e. The molecular formula is C21H25N3O5S. The Kier molecular flexibility index (Phi) is 8.67. The molecule has 0 saturated carbocycles. The fourth-order valence-electron chi connectivity index (χ4n) is 2.76. The van der Waals surface area contributed by atoms with Crippen molar-refractivity contribution in [2.24, 2.45) is 0 Å². The van der Waals surface area contributed by atoms with Crippen LogP contribution in [0.4, 0.5) is 5.69 Å². The number of carbonyl (C=O) groups is 2. The second kappa shape index (κ2) is 11.2. The Bertz CT molecular complexity index is 898. The highest BCUT2D eigenvalue weighted by atomic mass is 32.2. The zero-order chi connectivity index (χ0) is 22.1. The van der Waals surface area contributed by atoms with Gasteiger partial charge in [0, 0.05) is 31.3 Å². The number of rotatable bonds is 10. The maximum absolute atomic E-state index is 12.4. The molecule has 0 bridgehead atoms. The summed E-state index contributed by atoms with van der Waals surface area (Å²) in [5.74, 6) is 0.324. The van der Waals surface area contributed by atoms with Crippen molar-refractivity contribution in [1.82, 2.24) is 10.2 Å². The molecule has 0 aliphatic heterocycles. The number of benzene rings is 2. The van der Waals surface area contributed by atoms with Gasteiger partial charge in [-0.05, 0) is 43.7 Å². The summed E-state index contributed by atoms with van der Waals surface area (Å²) < 4.78 is 5.09. The molecule has 1 N–H and O–H groups in total. The summed E-state index contributed by atoms with van der Waals surface area (Å²) in [6.07, 6.45) is 0. The number of ether oxygens (including phenoxy) is 1. The minimum absolute atomic E-state index is 0.0828. The normalized spacial score (nSPS) is 10.4. The molecule has 0 atom stereocenters. The van der Waals surface area contributed by atoms with Crippen molar-refractivity contribution in [2.75, 3.05) is 26.0 Å². The first-order chi connectivity index (χ1) is 14.4. The van der Waals surface area contributed by atoms with Gasteiger partial charge in [0.15, 0.2) is 0 Å². The molecule has 0 radical (unpaired) electrons. The number of nitro benzene ring substituents is 1. The van der Waals surface area contributed by atoms with Gasteiger partial charge in [0.25, 0.3) is 11.6 Å². The van der Waals surface area contributed by atoms with Gasteiger partial charge in [-0.15, -0.1) is 11.8 Å². The number of methoxy groups -OCH3 is 1. The lowest BCUT2D eigenvalue weighted by atomic mass is 10.1. The lowest BCUT2D eigenvalue weighted by Crippen LogP contribution is -2.31. The van der Waals surface area contributed by atoms with E-state index in [2.05, 4.69) is 5.32 Å². The Balaban J connectivity index is 2.06. The lowest BCUT2D eigenvalue weighted by Gasteiger charge is -2.18. The molecule has 0 saturated heterocycles. The molecule has 9 heteroatoms. The maximum Gasteiger partial charge on any atom is 0.283 e. The summed E-state index contributed by atoms with van der Waals surface area (Å²) in [6.45, 7) is 5.23. The van der Waals surface area contributed by atoms with E-state index in [1.807, 2.05) is 26.0 Å². The van der Waals surface area contributed by atoms with Crippen molar-refractivity contribution >= 4 is 29.3 Å². The summed E-state index contributed by atoms with van der Waals surface area (Å²) in [5, 5.41) is 14.2. The predicted octanol–water partition coefficient (Wildman–Crippen LogP) is 3.49. The van der Waals surface area contributed by atoms with Crippen LogP contribution in [0.1, 0.15) is 29.8 Å². The Morgan fingerprint density at radius 3 is 2.37 bits per heavy atom. The summed E-state index contributed by atoms with van der Waals surface area (Å²) >= 11 is 1.10.